The third kappa shape index (κ3) is 8.22. The number of benzene rings is 4. The fourth-order valence-corrected chi connectivity index (χ4v) is 10.7. The van der Waals surface area contributed by atoms with E-state index in [1.807, 2.05) is 26.0 Å². The molecule has 3 aromatic heterocycles. The fourth-order valence-electron chi connectivity index (χ4n) is 7.48. The monoisotopic (exact) mass is 886 g/mol. The van der Waals surface area contributed by atoms with Gasteiger partial charge in [0.1, 0.15) is 11.5 Å². The first-order valence-electron chi connectivity index (χ1n) is 18.8. The molecule has 0 atom stereocenters. The topological polar surface area (TPSA) is 229 Å². The van der Waals surface area contributed by atoms with Crippen molar-refractivity contribution in [1.82, 2.24) is 14.3 Å². The van der Waals surface area contributed by atoms with Crippen molar-refractivity contribution in [3.05, 3.63) is 118 Å². The van der Waals surface area contributed by atoms with Crippen LogP contribution in [-0.2, 0) is 40.9 Å². The van der Waals surface area contributed by atoms with E-state index in [4.69, 9.17) is 19.5 Å². The highest BCUT2D eigenvalue weighted by atomic mass is 32.2. The van der Waals surface area contributed by atoms with Crippen molar-refractivity contribution in [3.63, 3.8) is 0 Å². The minimum Gasteiger partial charge on any atom is -0.465 e. The lowest BCUT2D eigenvalue weighted by Gasteiger charge is -2.11. The maximum atomic E-state index is 13.4. The molecule has 18 heteroatoms. The SMILES string of the molecule is COC(=O)c1cc(-c2c(C)noc2C)ccc1Cc1ccc(S(C)(=O)=O)cc1.Cc1noc(C)c1-c1cc(C(N)=O)c2c(c1)c1cc(S(C)(=O)=O)ccc1n2S(=O)(=O)C1CC1. The van der Waals surface area contributed by atoms with Crippen LogP contribution >= 0.6 is 0 Å². The summed E-state index contributed by atoms with van der Waals surface area (Å²) in [6, 6.07) is 19.7. The van der Waals surface area contributed by atoms with Gasteiger partial charge < -0.3 is 19.5 Å². The first-order valence-corrected chi connectivity index (χ1v) is 24.1. The second-order valence-electron chi connectivity index (χ2n) is 15.1. The van der Waals surface area contributed by atoms with Crippen LogP contribution in [-0.4, -0.2) is 76.3 Å². The first-order chi connectivity index (χ1) is 28.6. The van der Waals surface area contributed by atoms with Gasteiger partial charge in [-0.25, -0.2) is 34.0 Å². The number of fused-ring (bicyclic) bond motifs is 3. The summed E-state index contributed by atoms with van der Waals surface area (Å²) >= 11 is 0. The molecule has 318 valence electrons. The van der Waals surface area contributed by atoms with Gasteiger partial charge in [-0.2, -0.15) is 0 Å². The Morgan fingerprint density at radius 1 is 0.721 bits per heavy atom. The van der Waals surface area contributed by atoms with Gasteiger partial charge in [-0.1, -0.05) is 34.6 Å². The molecule has 2 N–H and O–H groups in total. The number of aromatic nitrogens is 3. The lowest BCUT2D eigenvalue weighted by Crippen LogP contribution is -2.20. The van der Waals surface area contributed by atoms with E-state index in [0.717, 1.165) is 38.2 Å². The average Bonchev–Trinajstić information content (AvgIpc) is 3.85. The highest BCUT2D eigenvalue weighted by molar-refractivity contribution is 7.91. The molecule has 1 aliphatic carbocycles. The quantitative estimate of drug-likeness (QED) is 0.142. The van der Waals surface area contributed by atoms with Crippen LogP contribution < -0.4 is 5.73 Å². The minimum absolute atomic E-state index is 0.0174. The normalized spacial score (nSPS) is 13.3. The lowest BCUT2D eigenvalue weighted by molar-refractivity contribution is 0.0599. The first kappa shape index (κ1) is 43.0. The molecule has 0 spiro atoms. The number of sulfone groups is 2. The molecule has 3 heterocycles. The summed E-state index contributed by atoms with van der Waals surface area (Å²) in [6.07, 6.45) is 3.77. The second-order valence-corrected chi connectivity index (χ2v) is 21.2. The Hall–Kier alpha value is -6.11. The zero-order valence-electron chi connectivity index (χ0n) is 34.3. The Balaban J connectivity index is 0.000000187. The van der Waals surface area contributed by atoms with Gasteiger partial charge in [0, 0.05) is 34.4 Å². The highest BCUT2D eigenvalue weighted by Gasteiger charge is 2.40. The largest absolute Gasteiger partial charge is 0.465 e. The molecule has 8 rings (SSSR count). The van der Waals surface area contributed by atoms with Gasteiger partial charge in [0.2, 0.25) is 10.0 Å². The van der Waals surface area contributed by atoms with E-state index in [1.165, 1.54) is 37.6 Å². The molecule has 4 aromatic carbocycles. The van der Waals surface area contributed by atoms with Crippen molar-refractivity contribution in [3.8, 4) is 22.3 Å². The molecule has 61 heavy (non-hydrogen) atoms. The molecule has 15 nitrogen and oxygen atoms in total. The van der Waals surface area contributed by atoms with Crippen LogP contribution in [0.15, 0.2) is 91.6 Å². The third-order valence-corrected chi connectivity index (χ3v) is 15.0. The molecule has 0 unspecified atom stereocenters. The maximum absolute atomic E-state index is 13.4. The molecule has 0 radical (unpaired) electrons. The Kier molecular flexibility index (Phi) is 11.1. The summed E-state index contributed by atoms with van der Waals surface area (Å²) in [6.45, 7) is 7.15. The van der Waals surface area contributed by atoms with Crippen LogP contribution in [0.25, 0.3) is 44.1 Å². The van der Waals surface area contributed by atoms with Crippen molar-refractivity contribution in [2.75, 3.05) is 19.6 Å². The summed E-state index contributed by atoms with van der Waals surface area (Å²) in [4.78, 5) is 25.2. The highest BCUT2D eigenvalue weighted by Crippen LogP contribution is 2.41. The Morgan fingerprint density at radius 3 is 1.79 bits per heavy atom. The number of methoxy groups -OCH3 is 1. The number of carbonyl (C=O) groups excluding carboxylic acids is 2. The van der Waals surface area contributed by atoms with Gasteiger partial charge in [0.25, 0.3) is 5.91 Å². The summed E-state index contributed by atoms with van der Waals surface area (Å²) in [7, 11) is -9.30. The summed E-state index contributed by atoms with van der Waals surface area (Å²) in [5.74, 6) is -0.0331. The molecule has 1 amide bonds. The number of amides is 1. The van der Waals surface area contributed by atoms with Crippen molar-refractivity contribution >= 4 is 63.4 Å². The Morgan fingerprint density at radius 2 is 1.28 bits per heavy atom. The second kappa shape index (κ2) is 15.7. The molecule has 1 saturated carbocycles. The molecular weight excluding hydrogens is 845 g/mol. The number of hydrogen-bond acceptors (Lipinski definition) is 13. The van der Waals surface area contributed by atoms with E-state index < -0.39 is 46.8 Å². The third-order valence-electron chi connectivity index (χ3n) is 10.6. The molecule has 1 aliphatic rings. The van der Waals surface area contributed by atoms with Crippen molar-refractivity contribution in [2.24, 2.45) is 5.73 Å². The Labute approximate surface area is 352 Å². The predicted octanol–water partition coefficient (Wildman–Crippen LogP) is 6.65. The lowest BCUT2D eigenvalue weighted by atomic mass is 9.94. The van der Waals surface area contributed by atoms with E-state index in [0.29, 0.717) is 69.5 Å². The van der Waals surface area contributed by atoms with E-state index in [-0.39, 0.29) is 20.9 Å². The van der Waals surface area contributed by atoms with Gasteiger partial charge in [-0.05, 0) is 118 Å². The molecule has 1 fully saturated rings. The molecule has 7 aromatic rings. The van der Waals surface area contributed by atoms with Crippen LogP contribution in [0.5, 0.6) is 0 Å². The van der Waals surface area contributed by atoms with E-state index in [1.54, 1.807) is 50.2 Å². The smallest absolute Gasteiger partial charge is 0.338 e. The Bertz CT molecular complexity index is 3230. The zero-order chi connectivity index (χ0) is 44.3. The van der Waals surface area contributed by atoms with Crippen LogP contribution in [0.2, 0.25) is 0 Å². The van der Waals surface area contributed by atoms with E-state index in [9.17, 15) is 34.8 Å². The summed E-state index contributed by atoms with van der Waals surface area (Å²) in [5.41, 5.74) is 12.6. The predicted molar refractivity (Wildman–Crippen MR) is 228 cm³/mol. The van der Waals surface area contributed by atoms with Crippen LogP contribution in [0.4, 0.5) is 0 Å². The average molecular weight is 887 g/mol. The maximum Gasteiger partial charge on any atom is 0.338 e. The molecule has 0 aliphatic heterocycles. The van der Waals surface area contributed by atoms with E-state index in [2.05, 4.69) is 10.3 Å². The number of hydrogen-bond donors (Lipinski definition) is 1. The summed E-state index contributed by atoms with van der Waals surface area (Å²) < 4.78 is 91.2. The fraction of sp³-hybridized carbons (Fsp3) is 0.256. The molecule has 0 saturated heterocycles. The van der Waals surface area contributed by atoms with Gasteiger partial charge >= 0.3 is 5.97 Å². The standard InChI is InChI=1S/C22H21N3O6S2.C21H21NO5S/c1-11-20(12(2)31-24-11)13-8-17-16-10-15(32(3,27)28)6-7-19(16)25(33(29,30)14-4-5-14)21(17)18(9-13)22(23)26;1-13-20(14(2)27-22-13)17-8-7-16(19(12-17)21(23)26-3)11-15-5-9-18(10-6-15)28(4,24)25/h6-10,14H,4-5H2,1-3H3,(H2,23,26);5-10,12H,11H2,1-4H3. The number of carbonyl (C=O) groups is 2. The minimum atomic E-state index is -3.83. The van der Waals surface area contributed by atoms with Crippen LogP contribution in [0.1, 0.15) is 67.6 Å². The number of nitrogens with zero attached hydrogens (tertiary/aromatic N) is 3. The number of ether oxygens (including phenoxy) is 1. The van der Waals surface area contributed by atoms with Gasteiger partial charge in [0.05, 0.1) is 55.7 Å². The van der Waals surface area contributed by atoms with Crippen molar-refractivity contribution < 1.29 is 48.6 Å². The number of aryl methyl sites for hydroxylation is 4. The number of esters is 1. The van der Waals surface area contributed by atoms with Crippen LogP contribution in [0, 0.1) is 27.7 Å². The molecule has 0 bridgehead atoms. The number of rotatable bonds is 10. The van der Waals surface area contributed by atoms with E-state index >= 15 is 0 Å². The van der Waals surface area contributed by atoms with Crippen LogP contribution in [0.3, 0.4) is 0 Å². The van der Waals surface area contributed by atoms with Gasteiger partial charge in [0.15, 0.2) is 19.7 Å². The zero-order valence-corrected chi connectivity index (χ0v) is 36.7. The van der Waals surface area contributed by atoms with Gasteiger partial charge in [-0.3, -0.25) is 4.79 Å². The van der Waals surface area contributed by atoms with Gasteiger partial charge in [-0.15, -0.1) is 0 Å². The number of primary amides is 1. The van der Waals surface area contributed by atoms with Crippen molar-refractivity contribution in [2.45, 2.75) is 62.0 Å². The number of nitrogens with two attached hydrogens (primary N) is 1. The van der Waals surface area contributed by atoms with Crippen molar-refractivity contribution in [1.29, 1.82) is 0 Å². The summed E-state index contributed by atoms with van der Waals surface area (Å²) in [5, 5.41) is 8.17. The molecular formula is C43H42N4O11S3.